The van der Waals surface area contributed by atoms with E-state index < -0.39 is 24.5 Å². The molecule has 0 spiro atoms. The van der Waals surface area contributed by atoms with Crippen LogP contribution >= 0.6 is 0 Å². The first kappa shape index (κ1) is 30.7. The van der Waals surface area contributed by atoms with Gasteiger partial charge in [-0.3, -0.25) is 9.36 Å². The minimum absolute atomic E-state index is 0.0380. The molecule has 1 aliphatic heterocycles. The first-order chi connectivity index (χ1) is 23.1. The van der Waals surface area contributed by atoms with Crippen molar-refractivity contribution in [3.63, 3.8) is 0 Å². The smallest absolute Gasteiger partial charge is 0.293 e. The van der Waals surface area contributed by atoms with Gasteiger partial charge in [0.15, 0.2) is 29.3 Å². The van der Waals surface area contributed by atoms with Crippen molar-refractivity contribution in [1.29, 1.82) is 0 Å². The van der Waals surface area contributed by atoms with Crippen LogP contribution in [0.1, 0.15) is 49.0 Å². The summed E-state index contributed by atoms with van der Waals surface area (Å²) in [6.07, 6.45) is 4.49. The minimum Gasteiger partial charge on any atom is -0.457 e. The molecule has 0 bridgehead atoms. The minimum atomic E-state index is -1.14. The molecule has 47 heavy (non-hydrogen) atoms. The third-order valence-corrected chi connectivity index (χ3v) is 9.01. The molecule has 244 valence electrons. The highest BCUT2D eigenvalue weighted by Crippen LogP contribution is 2.36. The Kier molecular flexibility index (Phi) is 9.04. The summed E-state index contributed by atoms with van der Waals surface area (Å²) in [7, 11) is 0. The maximum absolute atomic E-state index is 11.5. The molecule has 4 heterocycles. The number of aromatic nitrogens is 7. The molecule has 4 atom stereocenters. The number of rotatable bonds is 12. The van der Waals surface area contributed by atoms with Crippen LogP contribution in [-0.2, 0) is 20.8 Å². The molecule has 1 saturated heterocycles. The average molecular weight is 639 g/mol. The Morgan fingerprint density at radius 2 is 1.68 bits per heavy atom. The number of nitrogens with two attached hydrogens (primary N) is 1. The number of aliphatic hydroxyl groups is 1. The lowest BCUT2D eigenvalue weighted by molar-refractivity contribution is -0.142. The summed E-state index contributed by atoms with van der Waals surface area (Å²) >= 11 is 0. The molecule has 5 N–H and O–H groups in total. The van der Waals surface area contributed by atoms with E-state index in [-0.39, 0.29) is 24.5 Å². The number of nitrogens with zero attached hydrogens (tertiary/aromatic N) is 7. The van der Waals surface area contributed by atoms with Crippen LogP contribution < -0.4 is 16.4 Å². The first-order valence-corrected chi connectivity index (χ1v) is 15.9. The Balaban J connectivity index is 1.24. The summed E-state index contributed by atoms with van der Waals surface area (Å²) in [6, 6.07) is 21.0. The Morgan fingerprint density at radius 3 is 2.34 bits per heavy atom. The van der Waals surface area contributed by atoms with Crippen LogP contribution in [0.15, 0.2) is 79.4 Å². The van der Waals surface area contributed by atoms with Gasteiger partial charge in [-0.1, -0.05) is 60.7 Å². The van der Waals surface area contributed by atoms with E-state index in [9.17, 15) is 9.90 Å². The summed E-state index contributed by atoms with van der Waals surface area (Å²) < 4.78 is 13.4. The standard InChI is InChI=1S/C33H38N10O4/c34-23-11-13-24(14-12-23)39-33-40-30(35-17-25(21-7-3-1-4-8-21)22-9-5-2-6-10-22)27-31(41-33)42(19-36-27)32-29(46-20-44)28(45)26(47-32)18-43-37-15-16-38-43/h1-10,15-16,19-20,23-26,28-29,32,45H,11-14,17-18,34H2,(H2,35,39,40,41)/t23?,24?,26-,28-,29-,32-/m1/s1. The number of benzene rings is 2. The fraction of sp³-hybridized carbons (Fsp3) is 0.394. The van der Waals surface area contributed by atoms with Gasteiger partial charge in [-0.05, 0) is 36.8 Å². The summed E-state index contributed by atoms with van der Waals surface area (Å²) in [5.41, 5.74) is 9.48. The fourth-order valence-electron chi connectivity index (χ4n) is 6.54. The fourth-order valence-corrected chi connectivity index (χ4v) is 6.54. The molecular weight excluding hydrogens is 600 g/mol. The molecule has 7 rings (SSSR count). The lowest BCUT2D eigenvalue weighted by Gasteiger charge is -2.27. The summed E-state index contributed by atoms with van der Waals surface area (Å²) in [6.45, 7) is 1.02. The number of ether oxygens (including phenoxy) is 2. The predicted molar refractivity (Wildman–Crippen MR) is 173 cm³/mol. The topological polar surface area (TPSA) is 180 Å². The molecule has 2 aromatic carbocycles. The SMILES string of the molecule is NC1CCC(Nc2nc(NCC(c3ccccc3)c3ccccc3)c3ncn([C@@H]4O[C@H](Cn5nccn5)[C@@H](O)[C@H]4OC=O)c3n2)CC1. The van der Waals surface area contributed by atoms with Gasteiger partial charge in [0.25, 0.3) is 6.47 Å². The average Bonchev–Trinajstić information content (AvgIpc) is 3.84. The number of fused-ring (bicyclic) bond motifs is 1. The first-order valence-electron chi connectivity index (χ1n) is 15.9. The molecule has 1 saturated carbocycles. The van der Waals surface area contributed by atoms with E-state index in [2.05, 4.69) is 45.1 Å². The van der Waals surface area contributed by atoms with E-state index in [1.165, 1.54) is 15.9 Å². The normalized spacial score (nSPS) is 24.4. The molecule has 0 radical (unpaired) electrons. The molecule has 0 unspecified atom stereocenters. The van der Waals surface area contributed by atoms with Crippen molar-refractivity contribution in [2.75, 3.05) is 17.2 Å². The second-order valence-corrected chi connectivity index (χ2v) is 12.1. The third kappa shape index (κ3) is 6.66. The van der Waals surface area contributed by atoms with E-state index in [0.29, 0.717) is 35.9 Å². The Bertz CT molecular complexity index is 1710. The van der Waals surface area contributed by atoms with Crippen molar-refractivity contribution in [1.82, 2.24) is 34.5 Å². The van der Waals surface area contributed by atoms with Gasteiger partial charge in [0.2, 0.25) is 5.95 Å². The number of anilines is 2. The lowest BCUT2D eigenvalue weighted by atomic mass is 9.91. The van der Waals surface area contributed by atoms with Crippen molar-refractivity contribution < 1.29 is 19.4 Å². The quantitative estimate of drug-likeness (QED) is 0.147. The van der Waals surface area contributed by atoms with Gasteiger partial charge in [-0.2, -0.15) is 25.0 Å². The van der Waals surface area contributed by atoms with Crippen molar-refractivity contribution >= 4 is 29.4 Å². The Labute approximate surface area is 271 Å². The monoisotopic (exact) mass is 638 g/mol. The second-order valence-electron chi connectivity index (χ2n) is 12.1. The van der Waals surface area contributed by atoms with Gasteiger partial charge in [0.1, 0.15) is 12.2 Å². The van der Waals surface area contributed by atoms with Crippen LogP contribution in [0.3, 0.4) is 0 Å². The van der Waals surface area contributed by atoms with Crippen LogP contribution in [-0.4, -0.2) is 83.0 Å². The number of hydrogen-bond acceptors (Lipinski definition) is 12. The number of carbonyl (C=O) groups excluding carboxylic acids is 1. The largest absolute Gasteiger partial charge is 0.457 e. The Hall–Kier alpha value is -4.92. The van der Waals surface area contributed by atoms with Crippen molar-refractivity contribution in [3.8, 4) is 0 Å². The highest BCUT2D eigenvalue weighted by Gasteiger charge is 2.47. The third-order valence-electron chi connectivity index (χ3n) is 9.01. The predicted octanol–water partition coefficient (Wildman–Crippen LogP) is 2.84. The van der Waals surface area contributed by atoms with E-state index >= 15 is 0 Å². The van der Waals surface area contributed by atoms with E-state index in [1.54, 1.807) is 23.3 Å². The molecule has 1 aliphatic carbocycles. The molecular formula is C33H38N10O4. The van der Waals surface area contributed by atoms with Crippen LogP contribution in [0.4, 0.5) is 11.8 Å². The molecule has 5 aromatic rings. The highest BCUT2D eigenvalue weighted by molar-refractivity contribution is 5.84. The van der Waals surface area contributed by atoms with Gasteiger partial charge in [0, 0.05) is 24.5 Å². The number of aliphatic hydroxyl groups excluding tert-OH is 1. The van der Waals surface area contributed by atoms with E-state index in [0.717, 1.165) is 25.7 Å². The van der Waals surface area contributed by atoms with Gasteiger partial charge in [-0.15, -0.1) is 0 Å². The van der Waals surface area contributed by atoms with Gasteiger partial charge in [-0.25, -0.2) is 4.98 Å². The van der Waals surface area contributed by atoms with Gasteiger partial charge < -0.3 is 30.9 Å². The molecule has 14 heteroatoms. The van der Waals surface area contributed by atoms with Crippen molar-refractivity contribution in [2.45, 2.75) is 74.8 Å². The molecule has 3 aromatic heterocycles. The zero-order chi connectivity index (χ0) is 32.2. The maximum atomic E-state index is 11.5. The highest BCUT2D eigenvalue weighted by atomic mass is 16.6. The van der Waals surface area contributed by atoms with Crippen molar-refractivity contribution in [3.05, 3.63) is 90.5 Å². The lowest BCUT2D eigenvalue weighted by Crippen LogP contribution is -2.36. The van der Waals surface area contributed by atoms with Crippen LogP contribution in [0.5, 0.6) is 0 Å². The summed E-state index contributed by atoms with van der Waals surface area (Å²) in [5.74, 6) is 1.02. The molecule has 14 nitrogen and oxygen atoms in total. The van der Waals surface area contributed by atoms with Gasteiger partial charge in [0.05, 0.1) is 25.3 Å². The maximum Gasteiger partial charge on any atom is 0.293 e. The number of carbonyl (C=O) groups is 1. The number of imidazole rings is 1. The van der Waals surface area contributed by atoms with Crippen LogP contribution in [0.25, 0.3) is 11.2 Å². The van der Waals surface area contributed by atoms with Crippen molar-refractivity contribution in [2.24, 2.45) is 5.73 Å². The van der Waals surface area contributed by atoms with E-state index in [1.807, 2.05) is 36.4 Å². The van der Waals surface area contributed by atoms with Crippen LogP contribution in [0, 0.1) is 0 Å². The van der Waals surface area contributed by atoms with Crippen LogP contribution in [0.2, 0.25) is 0 Å². The van der Waals surface area contributed by atoms with Gasteiger partial charge >= 0.3 is 0 Å². The Morgan fingerprint density at radius 1 is 1.00 bits per heavy atom. The number of nitrogens with one attached hydrogen (secondary N) is 2. The number of hydrogen-bond donors (Lipinski definition) is 4. The summed E-state index contributed by atoms with van der Waals surface area (Å²) in [4.78, 5) is 27.5. The molecule has 2 fully saturated rings. The second kappa shape index (κ2) is 13.8. The molecule has 0 amide bonds. The zero-order valence-electron chi connectivity index (χ0n) is 25.7. The molecule has 2 aliphatic rings. The zero-order valence-corrected chi connectivity index (χ0v) is 25.7. The van der Waals surface area contributed by atoms with E-state index in [4.69, 9.17) is 30.2 Å². The summed E-state index contributed by atoms with van der Waals surface area (Å²) in [5, 5.41) is 26.5.